The molecule has 1 fully saturated rings. The average molecular weight is 679 g/mol. The molecule has 4 heterocycles. The van der Waals surface area contributed by atoms with Gasteiger partial charge in [-0.15, -0.1) is 0 Å². The van der Waals surface area contributed by atoms with Crippen molar-refractivity contribution in [3.8, 4) is 0 Å². The third kappa shape index (κ3) is 6.99. The van der Waals surface area contributed by atoms with E-state index in [0.29, 0.717) is 41.3 Å². The third-order valence-corrected chi connectivity index (χ3v) is 9.33. The Labute approximate surface area is 283 Å². The molecule has 49 heavy (non-hydrogen) atoms. The van der Waals surface area contributed by atoms with Crippen LogP contribution in [0.2, 0.25) is 0 Å². The molecule has 0 unspecified atom stereocenters. The number of aromatic nitrogens is 2. The van der Waals surface area contributed by atoms with Gasteiger partial charge in [0.1, 0.15) is 23.1 Å². The number of fused-ring (bicyclic) bond motifs is 2. The molecule has 6 rings (SSSR count). The molecule has 13 heteroatoms. The van der Waals surface area contributed by atoms with Crippen molar-refractivity contribution < 1.29 is 32.3 Å². The van der Waals surface area contributed by atoms with E-state index < -0.39 is 40.6 Å². The molecule has 2 aromatic carbocycles. The van der Waals surface area contributed by atoms with Crippen LogP contribution in [0.1, 0.15) is 74.4 Å². The first-order chi connectivity index (χ1) is 23.0. The largest absolute Gasteiger partial charge is 0.444 e. The molecule has 3 aliphatic rings. The Hall–Kier alpha value is -4.52. The van der Waals surface area contributed by atoms with Crippen LogP contribution in [0.3, 0.4) is 0 Å². The van der Waals surface area contributed by atoms with Gasteiger partial charge in [-0.1, -0.05) is 26.0 Å². The van der Waals surface area contributed by atoms with E-state index >= 15 is 0 Å². The number of carbonyl (C=O) groups excluding carboxylic acids is 3. The Morgan fingerprint density at radius 2 is 1.78 bits per heavy atom. The van der Waals surface area contributed by atoms with E-state index in [9.17, 15) is 27.6 Å². The van der Waals surface area contributed by atoms with Crippen LogP contribution in [0.4, 0.5) is 23.7 Å². The number of anilines is 1. The van der Waals surface area contributed by atoms with Crippen molar-refractivity contribution in [2.45, 2.75) is 77.6 Å². The minimum absolute atomic E-state index is 0.0275. The van der Waals surface area contributed by atoms with E-state index in [-0.39, 0.29) is 56.0 Å². The van der Waals surface area contributed by atoms with E-state index in [0.717, 1.165) is 6.07 Å². The minimum atomic E-state index is -0.719. The second-order valence-electron chi connectivity index (χ2n) is 14.9. The van der Waals surface area contributed by atoms with E-state index in [1.165, 1.54) is 24.3 Å². The molecule has 10 nitrogen and oxygen atoms in total. The van der Waals surface area contributed by atoms with Crippen molar-refractivity contribution in [2.24, 2.45) is 0 Å². The van der Waals surface area contributed by atoms with Gasteiger partial charge in [0.05, 0.1) is 23.6 Å². The zero-order chi connectivity index (χ0) is 35.4. The number of carbonyl (C=O) groups is 3. The van der Waals surface area contributed by atoms with E-state index in [4.69, 9.17) is 4.74 Å². The smallest absolute Gasteiger partial charge is 0.410 e. The summed E-state index contributed by atoms with van der Waals surface area (Å²) in [5.41, 5.74) is 1.29. The molecule has 1 aromatic heterocycles. The standard InChI is InChI=1S/C36H41F3N6O4/c1-21-15-42(25(17-44(21)34(48)49-35(2,3)4)16-43-18-27-26(33(43)47)8-7-9-28(27)38)19-31(46)45-20-36(5,6)32-30(45)14-24(40-41-32)12-22-10-11-23(37)13-29(22)39/h7-11,13-14,21,25H,12,15-20H2,1-6H3/t21-,25+/m1/s1. The highest BCUT2D eigenvalue weighted by Crippen LogP contribution is 2.39. The number of piperazine rings is 1. The van der Waals surface area contributed by atoms with Crippen molar-refractivity contribution >= 4 is 23.6 Å². The normalized spacial score (nSPS) is 20.4. The average Bonchev–Trinajstić information content (AvgIpc) is 3.47. The van der Waals surface area contributed by atoms with Crippen molar-refractivity contribution in [3.05, 3.63) is 88.0 Å². The van der Waals surface area contributed by atoms with Gasteiger partial charge in [-0.2, -0.15) is 10.2 Å². The molecular weight excluding hydrogens is 637 g/mol. The first-order valence-corrected chi connectivity index (χ1v) is 16.4. The summed E-state index contributed by atoms with van der Waals surface area (Å²) in [4.78, 5) is 47.6. The van der Waals surface area contributed by atoms with Crippen LogP contribution < -0.4 is 4.90 Å². The molecule has 3 amide bonds. The quantitative estimate of drug-likeness (QED) is 0.359. The molecule has 1 saturated heterocycles. The summed E-state index contributed by atoms with van der Waals surface area (Å²) in [5.74, 6) is -2.34. The lowest BCUT2D eigenvalue weighted by molar-refractivity contribution is -0.121. The number of amides is 3. The minimum Gasteiger partial charge on any atom is -0.444 e. The highest BCUT2D eigenvalue weighted by molar-refractivity contribution is 5.99. The molecule has 260 valence electrons. The highest BCUT2D eigenvalue weighted by Gasteiger charge is 2.44. The predicted octanol–water partition coefficient (Wildman–Crippen LogP) is 5.07. The van der Waals surface area contributed by atoms with Crippen LogP contribution in [0.25, 0.3) is 0 Å². The molecule has 0 radical (unpaired) electrons. The van der Waals surface area contributed by atoms with E-state index in [1.807, 2.05) is 25.7 Å². The first kappa shape index (κ1) is 34.3. The summed E-state index contributed by atoms with van der Waals surface area (Å²) in [6.45, 7) is 12.3. The predicted molar refractivity (Wildman–Crippen MR) is 175 cm³/mol. The van der Waals surface area contributed by atoms with Gasteiger partial charge in [0.2, 0.25) is 5.91 Å². The molecule has 2 atom stereocenters. The van der Waals surface area contributed by atoms with E-state index in [2.05, 4.69) is 10.2 Å². The molecule has 0 bridgehead atoms. The van der Waals surface area contributed by atoms with Crippen LogP contribution in [0.15, 0.2) is 42.5 Å². The lowest BCUT2D eigenvalue weighted by Gasteiger charge is -2.46. The molecule has 0 saturated carbocycles. The lowest BCUT2D eigenvalue weighted by atomic mass is 9.91. The van der Waals surface area contributed by atoms with Crippen molar-refractivity contribution in [1.29, 1.82) is 0 Å². The zero-order valence-corrected chi connectivity index (χ0v) is 28.6. The van der Waals surface area contributed by atoms with Crippen molar-refractivity contribution in [2.75, 3.05) is 37.6 Å². The fraction of sp³-hybridized carbons (Fsp3) is 0.472. The number of hydrogen-bond acceptors (Lipinski definition) is 7. The molecule has 0 spiro atoms. The van der Waals surface area contributed by atoms with E-state index in [1.54, 1.807) is 47.6 Å². The summed E-state index contributed by atoms with van der Waals surface area (Å²) in [7, 11) is 0. The number of rotatable bonds is 6. The van der Waals surface area contributed by atoms with Gasteiger partial charge in [0, 0.05) is 73.8 Å². The second kappa shape index (κ2) is 12.7. The van der Waals surface area contributed by atoms with Gasteiger partial charge in [-0.3, -0.25) is 14.5 Å². The number of hydrogen-bond donors (Lipinski definition) is 0. The Morgan fingerprint density at radius 3 is 2.47 bits per heavy atom. The van der Waals surface area contributed by atoms with Crippen LogP contribution in [-0.4, -0.2) is 93.2 Å². The summed E-state index contributed by atoms with van der Waals surface area (Å²) >= 11 is 0. The lowest BCUT2D eigenvalue weighted by Crippen LogP contribution is -2.63. The summed E-state index contributed by atoms with van der Waals surface area (Å²) in [6, 6.07) is 8.76. The van der Waals surface area contributed by atoms with Gasteiger partial charge in [0.25, 0.3) is 5.91 Å². The van der Waals surface area contributed by atoms with Gasteiger partial charge in [0.15, 0.2) is 0 Å². The topological polar surface area (TPSA) is 99.2 Å². The number of halogens is 3. The summed E-state index contributed by atoms with van der Waals surface area (Å²) in [5, 5.41) is 8.74. The number of nitrogens with zero attached hydrogens (tertiary/aromatic N) is 6. The molecule has 3 aromatic rings. The fourth-order valence-corrected chi connectivity index (χ4v) is 6.90. The Kier molecular flexibility index (Phi) is 8.93. The fourth-order valence-electron chi connectivity index (χ4n) is 6.90. The maximum absolute atomic E-state index is 14.6. The Morgan fingerprint density at radius 1 is 1.02 bits per heavy atom. The Bertz CT molecular complexity index is 1810. The van der Waals surface area contributed by atoms with Crippen LogP contribution in [-0.2, 0) is 27.9 Å². The monoisotopic (exact) mass is 678 g/mol. The van der Waals surface area contributed by atoms with Gasteiger partial charge >= 0.3 is 6.09 Å². The summed E-state index contributed by atoms with van der Waals surface area (Å²) < 4.78 is 48.3. The van der Waals surface area contributed by atoms with Crippen LogP contribution in [0, 0.1) is 17.5 Å². The molecule has 0 N–H and O–H groups in total. The first-order valence-electron chi connectivity index (χ1n) is 16.4. The highest BCUT2D eigenvalue weighted by atomic mass is 19.1. The zero-order valence-electron chi connectivity index (χ0n) is 28.6. The second-order valence-corrected chi connectivity index (χ2v) is 14.9. The maximum atomic E-state index is 14.6. The maximum Gasteiger partial charge on any atom is 0.410 e. The molecule has 3 aliphatic heterocycles. The van der Waals surface area contributed by atoms with Crippen LogP contribution in [0.5, 0.6) is 0 Å². The third-order valence-electron chi connectivity index (χ3n) is 9.33. The number of benzene rings is 2. The van der Waals surface area contributed by atoms with Crippen molar-refractivity contribution in [3.63, 3.8) is 0 Å². The van der Waals surface area contributed by atoms with Crippen molar-refractivity contribution in [1.82, 2.24) is 24.9 Å². The number of ether oxygens (including phenoxy) is 1. The molecular formula is C36H41F3N6O4. The molecule has 0 aliphatic carbocycles. The SMILES string of the molecule is C[C@@H]1CN(CC(=O)N2CC(C)(C)c3nnc(Cc4ccc(F)cc4F)cc32)[C@@H](CN2Cc3c(F)cccc3C2=O)CN1C(=O)OC(C)(C)C. The summed E-state index contributed by atoms with van der Waals surface area (Å²) in [6.07, 6.45) is -0.426. The van der Waals surface area contributed by atoms with Crippen LogP contribution >= 0.6 is 0 Å². The van der Waals surface area contributed by atoms with Gasteiger partial charge in [-0.05, 0) is 57.5 Å². The Balaban J connectivity index is 1.25. The van der Waals surface area contributed by atoms with Gasteiger partial charge < -0.3 is 19.4 Å². The van der Waals surface area contributed by atoms with Gasteiger partial charge in [-0.25, -0.2) is 18.0 Å².